The number of ketones is 1. The van der Waals surface area contributed by atoms with Crippen molar-refractivity contribution in [3.8, 4) is 5.75 Å². The van der Waals surface area contributed by atoms with Gasteiger partial charge >= 0.3 is 0 Å². The molecule has 1 heterocycles. The van der Waals surface area contributed by atoms with Crippen LogP contribution in [0.15, 0.2) is 24.8 Å². The van der Waals surface area contributed by atoms with Gasteiger partial charge in [-0.15, -0.1) is 0 Å². The summed E-state index contributed by atoms with van der Waals surface area (Å²) in [5, 5.41) is 4.12. The van der Waals surface area contributed by atoms with Gasteiger partial charge < -0.3 is 10.1 Å². The van der Waals surface area contributed by atoms with E-state index in [2.05, 4.69) is 11.9 Å². The number of rotatable bonds is 5. The number of Topliss-reactive ketones (excluding diaryl/α,β-unsaturated/α-hetero) is 1. The molecule has 21 heavy (non-hydrogen) atoms. The van der Waals surface area contributed by atoms with Crippen molar-refractivity contribution in [2.45, 2.75) is 6.42 Å². The molecule has 3 rings (SSSR count). The molecule has 1 saturated heterocycles. The van der Waals surface area contributed by atoms with E-state index >= 15 is 0 Å². The van der Waals surface area contributed by atoms with Crippen LogP contribution in [0.1, 0.15) is 16.8 Å². The molecule has 1 saturated carbocycles. The fraction of sp³-hybridized carbons (Fsp3) is 0.438. The van der Waals surface area contributed by atoms with Gasteiger partial charge in [0.1, 0.15) is 12.4 Å². The number of carbonyl (C=O) groups excluding carboxylic acids is 1. The molecule has 1 N–H and O–H groups in total. The van der Waals surface area contributed by atoms with Gasteiger partial charge in [-0.05, 0) is 37.4 Å². The second kappa shape index (κ2) is 5.99. The molecule has 112 valence electrons. The van der Waals surface area contributed by atoms with Gasteiger partial charge in [0.2, 0.25) is 0 Å². The molecular formula is C16H17Cl2NO2. The highest BCUT2D eigenvalue weighted by molar-refractivity contribution is 6.42. The minimum absolute atomic E-state index is 0.0783. The number of benzene rings is 1. The van der Waals surface area contributed by atoms with Crippen molar-refractivity contribution in [2.24, 2.45) is 17.8 Å². The average Bonchev–Trinajstić information content (AvgIpc) is 2.48. The van der Waals surface area contributed by atoms with E-state index in [1.165, 1.54) is 0 Å². The largest absolute Gasteiger partial charge is 0.489 e. The Balaban J connectivity index is 1.90. The summed E-state index contributed by atoms with van der Waals surface area (Å²) in [6.07, 6.45) is 2.77. The number of piperidine rings is 2. The van der Waals surface area contributed by atoms with Crippen LogP contribution in [0.2, 0.25) is 10.0 Å². The highest BCUT2D eigenvalue weighted by atomic mass is 35.5. The first-order chi connectivity index (χ1) is 10.1. The third-order valence-corrected chi connectivity index (χ3v) is 5.10. The van der Waals surface area contributed by atoms with Crippen molar-refractivity contribution in [3.05, 3.63) is 40.4 Å². The van der Waals surface area contributed by atoms with Crippen LogP contribution >= 0.6 is 23.2 Å². The summed E-state index contributed by atoms with van der Waals surface area (Å²) in [6.45, 7) is 5.78. The smallest absolute Gasteiger partial charge is 0.170 e. The number of halogens is 2. The van der Waals surface area contributed by atoms with Crippen LogP contribution < -0.4 is 10.1 Å². The Morgan fingerprint density at radius 3 is 2.62 bits per heavy atom. The second-order valence-electron chi connectivity index (χ2n) is 5.67. The fourth-order valence-electron chi connectivity index (χ4n) is 3.34. The van der Waals surface area contributed by atoms with Crippen molar-refractivity contribution in [3.63, 3.8) is 0 Å². The summed E-state index contributed by atoms with van der Waals surface area (Å²) in [7, 11) is 0. The van der Waals surface area contributed by atoms with Crippen LogP contribution in [-0.4, -0.2) is 25.5 Å². The Morgan fingerprint density at radius 2 is 2.00 bits per heavy atom. The van der Waals surface area contributed by atoms with E-state index in [4.69, 9.17) is 27.9 Å². The molecule has 1 aromatic rings. The molecule has 2 bridgehead atoms. The Labute approximate surface area is 134 Å². The summed E-state index contributed by atoms with van der Waals surface area (Å²) >= 11 is 12.1. The van der Waals surface area contributed by atoms with Crippen molar-refractivity contribution in [1.82, 2.24) is 5.32 Å². The summed E-state index contributed by atoms with van der Waals surface area (Å²) in [4.78, 5) is 12.9. The summed E-state index contributed by atoms with van der Waals surface area (Å²) < 4.78 is 5.59. The Morgan fingerprint density at radius 1 is 1.33 bits per heavy atom. The first-order valence-corrected chi connectivity index (χ1v) is 7.85. The lowest BCUT2D eigenvalue weighted by molar-refractivity contribution is 0.0284. The van der Waals surface area contributed by atoms with E-state index in [-0.39, 0.29) is 11.7 Å². The topological polar surface area (TPSA) is 38.3 Å². The zero-order chi connectivity index (χ0) is 15.0. The van der Waals surface area contributed by atoms with E-state index in [9.17, 15) is 4.79 Å². The molecule has 2 unspecified atom stereocenters. The average molecular weight is 326 g/mol. The molecule has 2 fully saturated rings. The second-order valence-corrected chi connectivity index (χ2v) is 6.48. The lowest BCUT2D eigenvalue weighted by Gasteiger charge is -2.48. The van der Waals surface area contributed by atoms with Crippen molar-refractivity contribution < 1.29 is 9.53 Å². The molecule has 1 aromatic carbocycles. The predicted octanol–water partition coefficient (Wildman–Crippen LogP) is 3.60. The van der Waals surface area contributed by atoms with E-state index in [0.29, 0.717) is 39.8 Å². The van der Waals surface area contributed by atoms with Crippen LogP contribution in [0.3, 0.4) is 0 Å². The Bertz CT molecular complexity index is 574. The summed E-state index contributed by atoms with van der Waals surface area (Å²) in [5.41, 5.74) is 0.535. The van der Waals surface area contributed by atoms with Gasteiger partial charge in [0.15, 0.2) is 5.78 Å². The number of hydrogen-bond donors (Lipinski definition) is 1. The SMILES string of the molecule is C=CCOc1cc(Cl)c(Cl)cc1C(=O)C1C2CNCC1C2. The molecule has 2 atom stereocenters. The summed E-state index contributed by atoms with van der Waals surface area (Å²) in [6, 6.07) is 3.25. The monoisotopic (exact) mass is 325 g/mol. The minimum Gasteiger partial charge on any atom is -0.489 e. The van der Waals surface area contributed by atoms with Crippen LogP contribution in [0.4, 0.5) is 0 Å². The van der Waals surface area contributed by atoms with Gasteiger partial charge in [-0.2, -0.15) is 0 Å². The Hall–Kier alpha value is -1.03. The maximum atomic E-state index is 12.9. The molecule has 2 aliphatic rings. The maximum absolute atomic E-state index is 12.9. The van der Waals surface area contributed by atoms with E-state index in [1.807, 2.05) is 0 Å². The van der Waals surface area contributed by atoms with Crippen LogP contribution in [0.25, 0.3) is 0 Å². The van der Waals surface area contributed by atoms with Gasteiger partial charge in [0, 0.05) is 12.0 Å². The van der Waals surface area contributed by atoms with E-state index in [0.717, 1.165) is 19.5 Å². The molecule has 0 radical (unpaired) electrons. The van der Waals surface area contributed by atoms with E-state index in [1.54, 1.807) is 18.2 Å². The van der Waals surface area contributed by atoms with Crippen LogP contribution in [0.5, 0.6) is 5.75 Å². The normalized spacial score (nSPS) is 26.9. The molecule has 5 heteroatoms. The van der Waals surface area contributed by atoms with Gasteiger partial charge in [0.05, 0.1) is 15.6 Å². The molecular weight excluding hydrogens is 309 g/mol. The molecule has 0 spiro atoms. The Kier molecular flexibility index (Phi) is 4.25. The molecule has 0 amide bonds. The van der Waals surface area contributed by atoms with Gasteiger partial charge in [-0.25, -0.2) is 0 Å². The van der Waals surface area contributed by atoms with Crippen molar-refractivity contribution in [2.75, 3.05) is 19.7 Å². The quantitative estimate of drug-likeness (QED) is 0.664. The number of carbonyl (C=O) groups is 1. The summed E-state index contributed by atoms with van der Waals surface area (Å²) in [5.74, 6) is 1.55. The number of ether oxygens (including phenoxy) is 1. The van der Waals surface area contributed by atoms with Gasteiger partial charge in [0.25, 0.3) is 0 Å². The minimum atomic E-state index is 0.0783. The molecule has 3 nitrogen and oxygen atoms in total. The first kappa shape index (κ1) is 14.9. The van der Waals surface area contributed by atoms with Crippen LogP contribution in [-0.2, 0) is 0 Å². The fourth-order valence-corrected chi connectivity index (χ4v) is 3.66. The first-order valence-electron chi connectivity index (χ1n) is 7.09. The molecule has 1 aliphatic heterocycles. The highest BCUT2D eigenvalue weighted by Gasteiger charge is 2.48. The molecule has 1 aliphatic carbocycles. The zero-order valence-electron chi connectivity index (χ0n) is 11.6. The highest BCUT2D eigenvalue weighted by Crippen LogP contribution is 2.46. The number of hydrogen-bond acceptors (Lipinski definition) is 3. The zero-order valence-corrected chi connectivity index (χ0v) is 13.1. The van der Waals surface area contributed by atoms with Gasteiger partial charge in [-0.3, -0.25) is 4.79 Å². The van der Waals surface area contributed by atoms with Gasteiger partial charge in [-0.1, -0.05) is 35.9 Å². The standard InChI is InChI=1S/C16H17Cl2NO2/c1-2-3-21-14-6-13(18)12(17)5-11(14)16(20)15-9-4-10(15)8-19-7-9/h2,5-6,9-10,15,19H,1,3-4,7-8H2. The number of fused-ring (bicyclic) bond motifs is 2. The number of nitrogens with one attached hydrogen (secondary N) is 1. The third kappa shape index (κ3) is 2.70. The third-order valence-electron chi connectivity index (χ3n) is 4.38. The maximum Gasteiger partial charge on any atom is 0.170 e. The van der Waals surface area contributed by atoms with E-state index < -0.39 is 0 Å². The lowest BCUT2D eigenvalue weighted by Crippen LogP contribution is -2.56. The molecule has 0 aromatic heterocycles. The van der Waals surface area contributed by atoms with Crippen molar-refractivity contribution >= 4 is 29.0 Å². The predicted molar refractivity (Wildman–Crippen MR) is 84.4 cm³/mol. The van der Waals surface area contributed by atoms with Crippen LogP contribution in [0, 0.1) is 17.8 Å². The lowest BCUT2D eigenvalue weighted by atomic mass is 9.60. The van der Waals surface area contributed by atoms with Crippen molar-refractivity contribution in [1.29, 1.82) is 0 Å².